The van der Waals surface area contributed by atoms with E-state index in [2.05, 4.69) is 47.3 Å². The topological polar surface area (TPSA) is 0 Å². The van der Waals surface area contributed by atoms with E-state index in [4.69, 9.17) is 0 Å². The Hall–Kier alpha value is -0.000519. The number of hydrogen-bond donors (Lipinski definition) is 0. The maximum atomic E-state index is 2.45. The van der Waals surface area contributed by atoms with Crippen molar-refractivity contribution < 1.29 is 10.7 Å². The molecule has 0 saturated heterocycles. The molecule has 0 aromatic heterocycles. The summed E-state index contributed by atoms with van der Waals surface area (Å²) < 4.78 is 1.67. The fraction of sp³-hybridized carbons (Fsp3) is 0.600. The van der Waals surface area contributed by atoms with Crippen LogP contribution in [0.5, 0.6) is 0 Å². The van der Waals surface area contributed by atoms with Crippen LogP contribution < -0.4 is 0 Å². The number of hydrogen-bond acceptors (Lipinski definition) is 0. The standard InChI is InChI=1S/C5H5.5CH3.Mn/c1-2-4-5-3-1;;;;;;/h1-3H,4H2;5*1H3;. The zero-order chi connectivity index (χ0) is 8.81. The molecule has 0 fully saturated rings. The van der Waals surface area contributed by atoms with Gasteiger partial charge in [0.05, 0.1) is 0 Å². The Morgan fingerprint density at radius 1 is 1.09 bits per heavy atom. The SMILES string of the molecule is [CH3][Mn]([CH3])([CH3])([CH3])([CH3])[C]1=CC=CC1. The second-order valence-corrected chi connectivity index (χ2v) is 21.5. The van der Waals surface area contributed by atoms with Crippen molar-refractivity contribution >= 4 is 0 Å². The molecule has 0 aromatic carbocycles. The maximum absolute atomic E-state index is 2.45. The van der Waals surface area contributed by atoms with Gasteiger partial charge in [-0.05, 0) is 0 Å². The summed E-state index contributed by atoms with van der Waals surface area (Å²) in [7, 11) is -2.25. The molecule has 0 atom stereocenters. The minimum atomic E-state index is -2.25. The molecule has 0 aromatic rings. The molecule has 1 rings (SSSR count). The van der Waals surface area contributed by atoms with Crippen LogP contribution >= 0.6 is 0 Å². The van der Waals surface area contributed by atoms with Crippen LogP contribution in [-0.2, 0) is 10.7 Å². The first-order valence-electron chi connectivity index (χ1n) is 3.80. The third kappa shape index (κ3) is 2.21. The molecule has 0 nitrogen and oxygen atoms in total. The van der Waals surface area contributed by atoms with Crippen LogP contribution in [0.4, 0.5) is 0 Å². The van der Waals surface area contributed by atoms with Gasteiger partial charge in [-0.25, -0.2) is 0 Å². The van der Waals surface area contributed by atoms with Gasteiger partial charge in [-0.1, -0.05) is 0 Å². The summed E-state index contributed by atoms with van der Waals surface area (Å²) in [4.78, 5) is 0. The molecule has 1 heteroatoms. The molecule has 1 aliphatic rings. The minimum absolute atomic E-state index is 1.18. The van der Waals surface area contributed by atoms with E-state index in [1.54, 1.807) is 4.47 Å². The molecule has 0 saturated carbocycles. The normalized spacial score (nSPS) is 24.3. The quantitative estimate of drug-likeness (QED) is 0.547. The average Bonchev–Trinajstić information content (AvgIpc) is 2.01. The summed E-state index contributed by atoms with van der Waals surface area (Å²) in [5, 5.41) is 0. The zero-order valence-corrected chi connectivity index (χ0v) is 9.50. The monoisotopic (exact) mass is 195 g/mol. The van der Waals surface area contributed by atoms with Crippen molar-refractivity contribution in [2.45, 2.75) is 35.5 Å². The summed E-state index contributed by atoms with van der Waals surface area (Å²) in [6, 6.07) is 0. The molecular formula is C10H20Mn. The molecule has 0 amide bonds. The summed E-state index contributed by atoms with van der Waals surface area (Å²) in [5.41, 5.74) is 0. The van der Waals surface area contributed by atoms with Crippen LogP contribution in [0.3, 0.4) is 0 Å². The van der Waals surface area contributed by atoms with Gasteiger partial charge >= 0.3 is 69.0 Å². The molecule has 0 radical (unpaired) electrons. The summed E-state index contributed by atoms with van der Waals surface area (Å²) in [6.45, 7) is 0. The Kier molecular flexibility index (Phi) is 1.38. The Balaban J connectivity index is 3.11. The molecule has 11 heavy (non-hydrogen) atoms. The molecule has 67 valence electrons. The van der Waals surface area contributed by atoms with Gasteiger partial charge in [-0.2, -0.15) is 0 Å². The van der Waals surface area contributed by atoms with Crippen LogP contribution in [-0.4, -0.2) is 0 Å². The third-order valence-electron chi connectivity index (χ3n) is 1.94. The van der Waals surface area contributed by atoms with Crippen molar-refractivity contribution in [1.29, 1.82) is 0 Å². The van der Waals surface area contributed by atoms with Crippen molar-refractivity contribution in [3.8, 4) is 0 Å². The van der Waals surface area contributed by atoms with Crippen molar-refractivity contribution in [2.75, 3.05) is 0 Å². The Bertz CT molecular complexity index is 232. The second-order valence-electron chi connectivity index (χ2n) is 5.97. The van der Waals surface area contributed by atoms with Crippen LogP contribution in [0, 0.1) is 0 Å². The molecule has 0 aliphatic heterocycles. The molecule has 0 unspecified atom stereocenters. The van der Waals surface area contributed by atoms with Gasteiger partial charge in [0.15, 0.2) is 0 Å². The van der Waals surface area contributed by atoms with E-state index in [0.29, 0.717) is 0 Å². The zero-order valence-electron chi connectivity index (χ0n) is 8.32. The molecule has 0 bridgehead atoms. The van der Waals surface area contributed by atoms with E-state index in [1.165, 1.54) is 6.42 Å². The molecular weight excluding hydrogens is 175 g/mol. The Morgan fingerprint density at radius 2 is 1.64 bits per heavy atom. The van der Waals surface area contributed by atoms with Crippen LogP contribution in [0.1, 0.15) is 6.42 Å². The first-order chi connectivity index (χ1) is 4.59. The molecule has 0 N–H and O–H groups in total. The summed E-state index contributed by atoms with van der Waals surface area (Å²) in [6.07, 6.45) is 7.94. The van der Waals surface area contributed by atoms with Gasteiger partial charge in [-0.15, -0.1) is 0 Å². The second kappa shape index (κ2) is 1.67. The van der Waals surface area contributed by atoms with Crippen molar-refractivity contribution in [3.05, 3.63) is 22.7 Å². The first kappa shape index (κ1) is 9.09. The predicted octanol–water partition coefficient (Wildman–Crippen LogP) is 4.30. The van der Waals surface area contributed by atoms with E-state index in [9.17, 15) is 0 Å². The van der Waals surface area contributed by atoms with Gasteiger partial charge in [0.1, 0.15) is 0 Å². The predicted molar refractivity (Wildman–Crippen MR) is 51.2 cm³/mol. The van der Waals surface area contributed by atoms with Crippen LogP contribution in [0.15, 0.2) is 22.7 Å². The van der Waals surface area contributed by atoms with E-state index < -0.39 is 10.7 Å². The van der Waals surface area contributed by atoms with E-state index in [1.807, 2.05) is 0 Å². The Morgan fingerprint density at radius 3 is 1.82 bits per heavy atom. The number of allylic oxidation sites excluding steroid dienone is 4. The summed E-state index contributed by atoms with van der Waals surface area (Å²) >= 11 is 0. The molecule has 0 spiro atoms. The fourth-order valence-corrected chi connectivity index (χ4v) is 3.56. The van der Waals surface area contributed by atoms with Crippen molar-refractivity contribution in [1.82, 2.24) is 0 Å². The first-order valence-corrected chi connectivity index (χ1v) is 10.3. The van der Waals surface area contributed by atoms with Crippen molar-refractivity contribution in [2.24, 2.45) is 0 Å². The Labute approximate surface area is 69.3 Å². The van der Waals surface area contributed by atoms with E-state index >= 15 is 0 Å². The van der Waals surface area contributed by atoms with Gasteiger partial charge in [0.2, 0.25) is 0 Å². The van der Waals surface area contributed by atoms with Gasteiger partial charge in [0, 0.05) is 0 Å². The third-order valence-corrected chi connectivity index (χ3v) is 6.17. The summed E-state index contributed by atoms with van der Waals surface area (Å²) in [5.74, 6) is 12.3. The number of rotatable bonds is 1. The van der Waals surface area contributed by atoms with E-state index in [-0.39, 0.29) is 0 Å². The molecule has 1 aliphatic carbocycles. The average molecular weight is 195 g/mol. The fourth-order valence-electron chi connectivity index (χ4n) is 1.12. The molecule has 0 heterocycles. The van der Waals surface area contributed by atoms with E-state index in [0.717, 1.165) is 0 Å². The van der Waals surface area contributed by atoms with Crippen LogP contribution in [0.2, 0.25) is 29.1 Å². The van der Waals surface area contributed by atoms with Gasteiger partial charge in [-0.3, -0.25) is 0 Å². The van der Waals surface area contributed by atoms with Gasteiger partial charge < -0.3 is 0 Å². The van der Waals surface area contributed by atoms with Gasteiger partial charge in [0.25, 0.3) is 0 Å². The van der Waals surface area contributed by atoms with Crippen molar-refractivity contribution in [3.63, 3.8) is 0 Å². The van der Waals surface area contributed by atoms with Crippen LogP contribution in [0.25, 0.3) is 0 Å².